The Balaban J connectivity index is 1.49. The fourth-order valence-corrected chi connectivity index (χ4v) is 7.56. The van der Waals surface area contributed by atoms with Crippen molar-refractivity contribution >= 4 is 26.9 Å². The highest BCUT2D eigenvalue weighted by Crippen LogP contribution is 2.40. The zero-order valence-electron chi connectivity index (χ0n) is 21.8. The molecule has 204 valence electrons. The van der Waals surface area contributed by atoms with Gasteiger partial charge in [0.25, 0.3) is 10.0 Å². The minimum absolute atomic E-state index is 0.00621. The predicted molar refractivity (Wildman–Crippen MR) is 144 cm³/mol. The Morgan fingerprint density at radius 3 is 2.53 bits per heavy atom. The second-order valence-electron chi connectivity index (χ2n) is 10.5. The molecule has 0 amide bonds. The van der Waals surface area contributed by atoms with Crippen LogP contribution in [0.5, 0.6) is 5.75 Å². The van der Waals surface area contributed by atoms with E-state index in [1.54, 1.807) is 6.07 Å². The Bertz CT molecular complexity index is 1360. The van der Waals surface area contributed by atoms with Crippen LogP contribution < -0.4 is 4.74 Å². The lowest BCUT2D eigenvalue weighted by Crippen LogP contribution is -2.30. The van der Waals surface area contributed by atoms with Crippen LogP contribution >= 0.6 is 0 Å². The molecule has 0 bridgehead atoms. The zero-order chi connectivity index (χ0) is 26.7. The molecule has 0 unspecified atom stereocenters. The van der Waals surface area contributed by atoms with Gasteiger partial charge >= 0.3 is 5.97 Å². The standard InChI is InChI=1S/C28H36N4O5S/c1-2-37-22-13-14-27(29-17-22)38(35,36)31-18-21(15-20-9-5-3-4-6-10-20)26(19-31)32-25-12-8-7-11-23(25)24(30-32)16-28(33)34/h7-8,11-14,17,20-21,26H,2-6,9-10,15-16,18-19H2,1H3,(H,33,34)/t21-,26+/m1/s1. The maximum Gasteiger partial charge on any atom is 0.309 e. The minimum atomic E-state index is -3.83. The van der Waals surface area contributed by atoms with Crippen molar-refractivity contribution in [2.24, 2.45) is 11.8 Å². The Hall–Kier alpha value is -2.98. The van der Waals surface area contributed by atoms with E-state index in [4.69, 9.17) is 9.84 Å². The number of carboxylic acid groups (broad SMARTS) is 1. The summed E-state index contributed by atoms with van der Waals surface area (Å²) in [5, 5.41) is 15.1. The zero-order valence-corrected chi connectivity index (χ0v) is 22.6. The molecule has 3 heterocycles. The van der Waals surface area contributed by atoms with Gasteiger partial charge in [0.1, 0.15) is 5.75 Å². The lowest BCUT2D eigenvalue weighted by Gasteiger charge is -2.24. The monoisotopic (exact) mass is 540 g/mol. The van der Waals surface area contributed by atoms with Crippen molar-refractivity contribution in [3.05, 3.63) is 48.3 Å². The average Bonchev–Trinajstić information content (AvgIpc) is 3.37. The summed E-state index contributed by atoms with van der Waals surface area (Å²) in [6, 6.07) is 10.6. The molecular weight excluding hydrogens is 504 g/mol. The first kappa shape index (κ1) is 26.6. The summed E-state index contributed by atoms with van der Waals surface area (Å²) in [6.07, 6.45) is 9.49. The molecule has 1 N–H and O–H groups in total. The molecule has 1 aromatic carbocycles. The molecule has 9 nitrogen and oxygen atoms in total. The molecule has 1 saturated carbocycles. The van der Waals surface area contributed by atoms with Crippen LogP contribution in [0.25, 0.3) is 10.9 Å². The third kappa shape index (κ3) is 5.56. The van der Waals surface area contributed by atoms with Crippen molar-refractivity contribution in [2.45, 2.75) is 69.4 Å². The molecule has 0 radical (unpaired) electrons. The first-order chi connectivity index (χ1) is 18.4. The number of ether oxygens (including phenoxy) is 1. The van der Waals surface area contributed by atoms with E-state index in [2.05, 4.69) is 4.98 Å². The number of hydrogen-bond acceptors (Lipinski definition) is 6. The van der Waals surface area contributed by atoms with Crippen LogP contribution in [0.15, 0.2) is 47.6 Å². The van der Waals surface area contributed by atoms with E-state index in [-0.39, 0.29) is 30.0 Å². The number of pyridine rings is 1. The van der Waals surface area contributed by atoms with E-state index in [0.717, 1.165) is 17.3 Å². The fraction of sp³-hybridized carbons (Fsp3) is 0.536. The average molecular weight is 541 g/mol. The summed E-state index contributed by atoms with van der Waals surface area (Å²) in [5.74, 6) is 0.215. The van der Waals surface area contributed by atoms with Crippen molar-refractivity contribution in [1.29, 1.82) is 0 Å². The lowest BCUT2D eigenvalue weighted by molar-refractivity contribution is -0.136. The SMILES string of the molecule is CCOc1ccc(S(=O)(=O)N2C[C@@H](CC3CCCCCC3)[C@@H](n3nc(CC(=O)O)c4ccccc43)C2)nc1. The van der Waals surface area contributed by atoms with Gasteiger partial charge in [0.05, 0.1) is 36.5 Å². The van der Waals surface area contributed by atoms with Gasteiger partial charge in [0.2, 0.25) is 0 Å². The second kappa shape index (κ2) is 11.4. The minimum Gasteiger partial charge on any atom is -0.492 e. The first-order valence-electron chi connectivity index (χ1n) is 13.6. The van der Waals surface area contributed by atoms with Gasteiger partial charge in [0, 0.05) is 18.5 Å². The summed E-state index contributed by atoms with van der Waals surface area (Å²) in [6.45, 7) is 3.00. The summed E-state index contributed by atoms with van der Waals surface area (Å²) >= 11 is 0. The number of fused-ring (bicyclic) bond motifs is 1. The topological polar surface area (TPSA) is 115 Å². The van der Waals surface area contributed by atoms with Gasteiger partial charge in [-0.15, -0.1) is 0 Å². The number of aromatic nitrogens is 3. The highest BCUT2D eigenvalue weighted by atomic mass is 32.2. The number of sulfonamides is 1. The third-order valence-corrected chi connectivity index (χ3v) is 9.68. The number of nitrogens with zero attached hydrogens (tertiary/aromatic N) is 4. The van der Waals surface area contributed by atoms with E-state index in [9.17, 15) is 18.3 Å². The Kier molecular flexibility index (Phi) is 7.99. The third-order valence-electron chi connectivity index (χ3n) is 7.93. The van der Waals surface area contributed by atoms with Gasteiger partial charge in [-0.2, -0.15) is 9.40 Å². The van der Waals surface area contributed by atoms with Crippen LogP contribution in [0.4, 0.5) is 0 Å². The molecule has 1 saturated heterocycles. The fourth-order valence-electron chi connectivity index (χ4n) is 6.13. The summed E-state index contributed by atoms with van der Waals surface area (Å²) < 4.78 is 36.3. The Labute approximate surface area is 223 Å². The van der Waals surface area contributed by atoms with E-state index in [0.29, 0.717) is 30.5 Å². The van der Waals surface area contributed by atoms with Crippen molar-refractivity contribution in [2.75, 3.05) is 19.7 Å². The first-order valence-corrected chi connectivity index (χ1v) is 15.1. The quantitative estimate of drug-likeness (QED) is 0.392. The molecule has 38 heavy (non-hydrogen) atoms. The van der Waals surface area contributed by atoms with Crippen LogP contribution in [0.1, 0.15) is 63.6 Å². The lowest BCUT2D eigenvalue weighted by atomic mass is 9.86. The van der Waals surface area contributed by atoms with Crippen molar-refractivity contribution in [1.82, 2.24) is 19.1 Å². The van der Waals surface area contributed by atoms with E-state index in [1.807, 2.05) is 35.9 Å². The molecule has 2 aromatic heterocycles. The van der Waals surface area contributed by atoms with Crippen molar-refractivity contribution in [3.8, 4) is 5.75 Å². The van der Waals surface area contributed by atoms with E-state index >= 15 is 0 Å². The van der Waals surface area contributed by atoms with E-state index < -0.39 is 16.0 Å². The number of benzene rings is 1. The predicted octanol–water partition coefficient (Wildman–Crippen LogP) is 4.68. The molecule has 1 aliphatic carbocycles. The number of carbonyl (C=O) groups is 1. The maximum atomic E-state index is 13.7. The molecule has 2 fully saturated rings. The number of carboxylic acids is 1. The van der Waals surface area contributed by atoms with Crippen LogP contribution in [0.2, 0.25) is 0 Å². The molecule has 2 aliphatic rings. The van der Waals surface area contributed by atoms with Crippen LogP contribution in [0, 0.1) is 11.8 Å². The molecule has 1 aliphatic heterocycles. The smallest absolute Gasteiger partial charge is 0.309 e. The summed E-state index contributed by atoms with van der Waals surface area (Å²) in [4.78, 5) is 15.8. The van der Waals surface area contributed by atoms with Gasteiger partial charge < -0.3 is 9.84 Å². The molecule has 2 atom stereocenters. The van der Waals surface area contributed by atoms with Crippen LogP contribution in [-0.4, -0.2) is 58.3 Å². The number of hydrogen-bond donors (Lipinski definition) is 1. The Morgan fingerprint density at radius 1 is 1.08 bits per heavy atom. The molecule has 3 aromatic rings. The normalized spacial score (nSPS) is 21.5. The summed E-state index contributed by atoms with van der Waals surface area (Å²) in [7, 11) is -3.83. The highest BCUT2D eigenvalue weighted by molar-refractivity contribution is 7.89. The molecule has 0 spiro atoms. The van der Waals surface area contributed by atoms with Crippen LogP contribution in [-0.2, 0) is 21.2 Å². The maximum absolute atomic E-state index is 13.7. The van der Waals surface area contributed by atoms with Gasteiger partial charge in [-0.05, 0) is 43.4 Å². The largest absolute Gasteiger partial charge is 0.492 e. The second-order valence-corrected chi connectivity index (χ2v) is 12.4. The van der Waals surface area contributed by atoms with Crippen molar-refractivity contribution < 1.29 is 23.1 Å². The summed E-state index contributed by atoms with van der Waals surface area (Å²) in [5.41, 5.74) is 1.36. The highest BCUT2D eigenvalue weighted by Gasteiger charge is 2.42. The van der Waals surface area contributed by atoms with E-state index in [1.165, 1.54) is 55.1 Å². The van der Waals surface area contributed by atoms with Crippen LogP contribution in [0.3, 0.4) is 0 Å². The number of rotatable bonds is 9. The molecule has 10 heteroatoms. The molecule has 5 rings (SSSR count). The van der Waals surface area contributed by atoms with Crippen molar-refractivity contribution in [3.63, 3.8) is 0 Å². The number of para-hydroxylation sites is 1. The number of aliphatic carboxylic acids is 1. The van der Waals surface area contributed by atoms with Gasteiger partial charge in [-0.1, -0.05) is 56.7 Å². The Morgan fingerprint density at radius 2 is 1.84 bits per heavy atom. The van der Waals surface area contributed by atoms with Gasteiger partial charge in [-0.3, -0.25) is 9.48 Å². The molecular formula is C28H36N4O5S. The van der Waals surface area contributed by atoms with Gasteiger partial charge in [0.15, 0.2) is 5.03 Å². The van der Waals surface area contributed by atoms with Gasteiger partial charge in [-0.25, -0.2) is 13.4 Å².